The van der Waals surface area contributed by atoms with Gasteiger partial charge in [0.2, 0.25) is 5.91 Å². The molecule has 0 saturated heterocycles. The van der Waals surface area contributed by atoms with Gasteiger partial charge < -0.3 is 5.32 Å². The molecule has 0 aliphatic rings. The maximum Gasteiger partial charge on any atom is 0.244 e. The SMILES string of the molecule is CC=CC(=O)NC(C)c1ccc(CC)cc1. The van der Waals surface area contributed by atoms with Crippen LogP contribution in [0.1, 0.15) is 37.9 Å². The quantitative estimate of drug-likeness (QED) is 0.772. The van der Waals surface area contributed by atoms with Crippen molar-refractivity contribution in [2.24, 2.45) is 0 Å². The molecule has 0 aliphatic carbocycles. The Hall–Kier alpha value is -1.57. The summed E-state index contributed by atoms with van der Waals surface area (Å²) in [4.78, 5) is 11.4. The molecule has 1 atom stereocenters. The van der Waals surface area contributed by atoms with Gasteiger partial charge in [-0.1, -0.05) is 37.3 Å². The second kappa shape index (κ2) is 6.11. The van der Waals surface area contributed by atoms with E-state index in [0.29, 0.717) is 0 Å². The summed E-state index contributed by atoms with van der Waals surface area (Å²) >= 11 is 0. The molecule has 0 spiro atoms. The zero-order chi connectivity index (χ0) is 12.0. The number of aryl methyl sites for hydroxylation is 1. The standard InChI is InChI=1S/C14H19NO/c1-4-6-14(16)15-11(3)13-9-7-12(5-2)8-10-13/h4,6-11H,5H2,1-3H3,(H,15,16). The minimum Gasteiger partial charge on any atom is -0.346 e. The van der Waals surface area contributed by atoms with Gasteiger partial charge in [-0.05, 0) is 37.5 Å². The number of hydrogen-bond donors (Lipinski definition) is 1. The summed E-state index contributed by atoms with van der Waals surface area (Å²) in [5, 5.41) is 2.91. The number of carbonyl (C=O) groups is 1. The largest absolute Gasteiger partial charge is 0.346 e. The molecule has 2 heteroatoms. The van der Waals surface area contributed by atoms with Crippen LogP contribution in [0.2, 0.25) is 0 Å². The van der Waals surface area contributed by atoms with Gasteiger partial charge in [0.25, 0.3) is 0 Å². The molecule has 1 unspecified atom stereocenters. The van der Waals surface area contributed by atoms with E-state index in [2.05, 4.69) is 36.5 Å². The fraction of sp³-hybridized carbons (Fsp3) is 0.357. The number of benzene rings is 1. The van der Waals surface area contributed by atoms with Crippen molar-refractivity contribution >= 4 is 5.91 Å². The first kappa shape index (κ1) is 12.5. The monoisotopic (exact) mass is 217 g/mol. The van der Waals surface area contributed by atoms with Gasteiger partial charge in [-0.3, -0.25) is 4.79 Å². The molecule has 0 aliphatic heterocycles. The van der Waals surface area contributed by atoms with Crippen LogP contribution < -0.4 is 5.32 Å². The number of hydrogen-bond acceptors (Lipinski definition) is 1. The molecule has 0 radical (unpaired) electrons. The van der Waals surface area contributed by atoms with E-state index in [9.17, 15) is 4.79 Å². The third-order valence-electron chi connectivity index (χ3n) is 2.56. The van der Waals surface area contributed by atoms with E-state index in [-0.39, 0.29) is 11.9 Å². The Labute approximate surface area is 97.4 Å². The normalized spacial score (nSPS) is 12.7. The van der Waals surface area contributed by atoms with Crippen LogP contribution in [0.25, 0.3) is 0 Å². The highest BCUT2D eigenvalue weighted by Crippen LogP contribution is 2.13. The second-order valence-corrected chi connectivity index (χ2v) is 3.83. The highest BCUT2D eigenvalue weighted by Gasteiger charge is 2.06. The zero-order valence-electron chi connectivity index (χ0n) is 10.2. The summed E-state index contributed by atoms with van der Waals surface area (Å²) in [6, 6.07) is 8.40. The van der Waals surface area contributed by atoms with Crippen LogP contribution in [0.15, 0.2) is 36.4 Å². The van der Waals surface area contributed by atoms with Crippen LogP contribution in [0.3, 0.4) is 0 Å². The van der Waals surface area contributed by atoms with Gasteiger partial charge >= 0.3 is 0 Å². The fourth-order valence-electron chi connectivity index (χ4n) is 1.54. The van der Waals surface area contributed by atoms with Gasteiger partial charge in [-0.2, -0.15) is 0 Å². The van der Waals surface area contributed by atoms with Crippen LogP contribution in [-0.2, 0) is 11.2 Å². The van der Waals surface area contributed by atoms with Gasteiger partial charge in [0, 0.05) is 0 Å². The van der Waals surface area contributed by atoms with E-state index < -0.39 is 0 Å². The van der Waals surface area contributed by atoms with Gasteiger partial charge in [0.1, 0.15) is 0 Å². The Morgan fingerprint density at radius 2 is 2.00 bits per heavy atom. The molecule has 2 nitrogen and oxygen atoms in total. The summed E-state index contributed by atoms with van der Waals surface area (Å²) in [6.45, 7) is 5.95. The molecule has 1 rings (SSSR count). The first-order valence-electron chi connectivity index (χ1n) is 5.69. The third-order valence-corrected chi connectivity index (χ3v) is 2.56. The first-order chi connectivity index (χ1) is 7.67. The third kappa shape index (κ3) is 3.54. The summed E-state index contributed by atoms with van der Waals surface area (Å²) < 4.78 is 0. The van der Waals surface area contributed by atoms with E-state index in [1.165, 1.54) is 11.6 Å². The first-order valence-corrected chi connectivity index (χ1v) is 5.69. The zero-order valence-corrected chi connectivity index (χ0v) is 10.2. The summed E-state index contributed by atoms with van der Waals surface area (Å²) in [6.07, 6.45) is 4.32. The van der Waals surface area contributed by atoms with Crippen molar-refractivity contribution in [1.29, 1.82) is 0 Å². The number of nitrogens with one attached hydrogen (secondary N) is 1. The van der Waals surface area contributed by atoms with Crippen LogP contribution >= 0.6 is 0 Å². The van der Waals surface area contributed by atoms with Crippen LogP contribution in [0, 0.1) is 0 Å². The Morgan fingerprint density at radius 3 is 2.50 bits per heavy atom. The van der Waals surface area contributed by atoms with E-state index in [4.69, 9.17) is 0 Å². The molecular formula is C14H19NO. The number of rotatable bonds is 4. The molecule has 0 saturated carbocycles. The average Bonchev–Trinajstić information content (AvgIpc) is 2.29. The highest BCUT2D eigenvalue weighted by molar-refractivity contribution is 5.87. The lowest BCUT2D eigenvalue weighted by atomic mass is 10.1. The summed E-state index contributed by atoms with van der Waals surface area (Å²) in [5.41, 5.74) is 2.45. The molecule has 1 aromatic carbocycles. The van der Waals surface area contributed by atoms with Crippen molar-refractivity contribution in [2.75, 3.05) is 0 Å². The van der Waals surface area contributed by atoms with Crippen LogP contribution in [-0.4, -0.2) is 5.91 Å². The molecule has 0 fully saturated rings. The van der Waals surface area contributed by atoms with Gasteiger partial charge in [0.05, 0.1) is 6.04 Å². The summed E-state index contributed by atoms with van der Waals surface area (Å²) in [5.74, 6) is -0.0467. The van der Waals surface area contributed by atoms with Gasteiger partial charge in [-0.15, -0.1) is 0 Å². The van der Waals surface area contributed by atoms with Crippen LogP contribution in [0.5, 0.6) is 0 Å². The van der Waals surface area contributed by atoms with Crippen LogP contribution in [0.4, 0.5) is 0 Å². The molecule has 16 heavy (non-hydrogen) atoms. The van der Waals surface area contributed by atoms with Crippen molar-refractivity contribution in [1.82, 2.24) is 5.32 Å². The van der Waals surface area contributed by atoms with E-state index in [1.807, 2.05) is 13.8 Å². The predicted molar refractivity (Wildman–Crippen MR) is 67.2 cm³/mol. The maximum atomic E-state index is 11.4. The molecule has 0 aromatic heterocycles. The molecule has 0 heterocycles. The van der Waals surface area contributed by atoms with Crippen molar-refractivity contribution in [2.45, 2.75) is 33.2 Å². The minimum atomic E-state index is -0.0467. The van der Waals surface area contributed by atoms with Crippen molar-refractivity contribution in [3.8, 4) is 0 Å². The van der Waals surface area contributed by atoms with Crippen molar-refractivity contribution < 1.29 is 4.79 Å². The molecule has 1 aromatic rings. The molecule has 0 bridgehead atoms. The smallest absolute Gasteiger partial charge is 0.244 e. The molecular weight excluding hydrogens is 198 g/mol. The second-order valence-electron chi connectivity index (χ2n) is 3.83. The lowest BCUT2D eigenvalue weighted by molar-refractivity contribution is -0.117. The lowest BCUT2D eigenvalue weighted by Crippen LogP contribution is -2.24. The van der Waals surface area contributed by atoms with E-state index in [1.54, 1.807) is 6.08 Å². The lowest BCUT2D eigenvalue weighted by Gasteiger charge is -2.13. The maximum absolute atomic E-state index is 11.4. The molecule has 1 N–H and O–H groups in total. The number of carbonyl (C=O) groups excluding carboxylic acids is 1. The Balaban J connectivity index is 2.65. The van der Waals surface area contributed by atoms with Gasteiger partial charge in [-0.25, -0.2) is 0 Å². The fourth-order valence-corrected chi connectivity index (χ4v) is 1.54. The Morgan fingerprint density at radius 1 is 1.38 bits per heavy atom. The Kier molecular flexibility index (Phi) is 4.77. The summed E-state index contributed by atoms with van der Waals surface area (Å²) in [7, 11) is 0. The Bertz CT molecular complexity index is 365. The molecule has 1 amide bonds. The minimum absolute atomic E-state index is 0.0467. The molecule has 86 valence electrons. The predicted octanol–water partition coefficient (Wildman–Crippen LogP) is 3.00. The van der Waals surface area contributed by atoms with Gasteiger partial charge in [0.15, 0.2) is 0 Å². The average molecular weight is 217 g/mol. The van der Waals surface area contributed by atoms with E-state index in [0.717, 1.165) is 12.0 Å². The topological polar surface area (TPSA) is 29.1 Å². The highest BCUT2D eigenvalue weighted by atomic mass is 16.1. The van der Waals surface area contributed by atoms with Crippen molar-refractivity contribution in [3.63, 3.8) is 0 Å². The number of allylic oxidation sites excluding steroid dienone is 1. The van der Waals surface area contributed by atoms with E-state index >= 15 is 0 Å². The number of amides is 1. The van der Waals surface area contributed by atoms with Crippen molar-refractivity contribution in [3.05, 3.63) is 47.5 Å².